The van der Waals surface area contributed by atoms with Crippen molar-refractivity contribution in [3.8, 4) is 0 Å². The number of hydrogen-bond donors (Lipinski definition) is 2. The van der Waals surface area contributed by atoms with Gasteiger partial charge in [-0.25, -0.2) is 4.39 Å². The predicted molar refractivity (Wildman–Crippen MR) is 83.7 cm³/mol. The Morgan fingerprint density at radius 2 is 1.90 bits per heavy atom. The van der Waals surface area contributed by atoms with Gasteiger partial charge in [-0.05, 0) is 23.8 Å². The first-order valence-electron chi connectivity index (χ1n) is 7.17. The fourth-order valence-corrected chi connectivity index (χ4v) is 2.31. The van der Waals surface area contributed by atoms with E-state index < -0.39 is 5.41 Å². The molecule has 21 heavy (non-hydrogen) atoms. The van der Waals surface area contributed by atoms with E-state index in [1.165, 1.54) is 12.1 Å². The normalized spacial score (nSPS) is 12.7. The molecule has 2 rings (SSSR count). The molecule has 0 saturated heterocycles. The Labute approximate surface area is 124 Å². The first-order chi connectivity index (χ1) is 9.61. The third kappa shape index (κ3) is 3.26. The Hall–Kier alpha value is -1.84. The topological polar surface area (TPSA) is 44.9 Å². The molecule has 0 atom stereocenters. The molecule has 1 heterocycles. The fourth-order valence-electron chi connectivity index (χ4n) is 2.31. The molecule has 2 aromatic rings. The number of aromatic nitrogens is 1. The summed E-state index contributed by atoms with van der Waals surface area (Å²) >= 11 is 0. The molecule has 1 aromatic carbocycles. The molecular weight excluding hydrogens is 267 g/mol. The van der Waals surface area contributed by atoms with Gasteiger partial charge >= 0.3 is 0 Å². The molecule has 1 amide bonds. The van der Waals surface area contributed by atoms with E-state index in [0.717, 1.165) is 16.5 Å². The average Bonchev–Trinajstić information content (AvgIpc) is 2.78. The summed E-state index contributed by atoms with van der Waals surface area (Å²) in [5.41, 5.74) is 1.21. The van der Waals surface area contributed by atoms with Crippen molar-refractivity contribution >= 4 is 16.8 Å². The van der Waals surface area contributed by atoms with Crippen LogP contribution in [0.5, 0.6) is 0 Å². The highest BCUT2D eigenvalue weighted by molar-refractivity contribution is 5.85. The van der Waals surface area contributed by atoms with E-state index >= 15 is 0 Å². The quantitative estimate of drug-likeness (QED) is 0.888. The standard InChI is InChI=1S/C17H23FN2O/c1-16(2,3)15(21)20-10-17(4,5)13-9-19-14-7-6-11(18)8-12(13)14/h6-9,19H,10H2,1-5H3,(H,20,21). The van der Waals surface area contributed by atoms with Gasteiger partial charge in [0.2, 0.25) is 5.91 Å². The van der Waals surface area contributed by atoms with Gasteiger partial charge in [-0.15, -0.1) is 0 Å². The number of fused-ring (bicyclic) bond motifs is 1. The van der Waals surface area contributed by atoms with E-state index in [2.05, 4.69) is 10.3 Å². The van der Waals surface area contributed by atoms with Crippen molar-refractivity contribution in [1.82, 2.24) is 10.3 Å². The maximum Gasteiger partial charge on any atom is 0.225 e. The van der Waals surface area contributed by atoms with Crippen LogP contribution in [0, 0.1) is 11.2 Å². The molecule has 0 aliphatic rings. The van der Waals surface area contributed by atoms with E-state index in [9.17, 15) is 9.18 Å². The van der Waals surface area contributed by atoms with E-state index in [1.54, 1.807) is 6.07 Å². The SMILES string of the molecule is CC(C)(C)C(=O)NCC(C)(C)c1c[nH]c2ccc(F)cc12. The molecule has 0 bridgehead atoms. The van der Waals surface area contributed by atoms with Gasteiger partial charge in [0.1, 0.15) is 5.82 Å². The van der Waals surface area contributed by atoms with Crippen LogP contribution >= 0.6 is 0 Å². The van der Waals surface area contributed by atoms with Gasteiger partial charge in [-0.3, -0.25) is 4.79 Å². The zero-order chi connectivity index (χ0) is 15.8. The lowest BCUT2D eigenvalue weighted by Gasteiger charge is -2.27. The van der Waals surface area contributed by atoms with Gasteiger partial charge < -0.3 is 10.3 Å². The number of halogens is 1. The number of hydrogen-bond acceptors (Lipinski definition) is 1. The molecule has 2 N–H and O–H groups in total. The van der Waals surface area contributed by atoms with Crippen LogP contribution in [-0.4, -0.2) is 17.4 Å². The van der Waals surface area contributed by atoms with Crippen molar-refractivity contribution in [2.75, 3.05) is 6.54 Å². The maximum absolute atomic E-state index is 13.5. The number of carbonyl (C=O) groups is 1. The van der Waals surface area contributed by atoms with Gasteiger partial charge in [0, 0.05) is 34.5 Å². The van der Waals surface area contributed by atoms with Gasteiger partial charge in [-0.2, -0.15) is 0 Å². The third-order valence-corrected chi connectivity index (χ3v) is 3.74. The molecule has 0 aliphatic carbocycles. The van der Waals surface area contributed by atoms with Crippen LogP contribution in [0.3, 0.4) is 0 Å². The Kier molecular flexibility index (Phi) is 3.83. The molecule has 0 spiro atoms. The lowest BCUT2D eigenvalue weighted by Crippen LogP contribution is -2.41. The molecule has 0 saturated carbocycles. The predicted octanol–water partition coefficient (Wildman–Crippen LogP) is 3.75. The average molecular weight is 290 g/mol. The second-order valence-corrected chi connectivity index (χ2v) is 7.21. The third-order valence-electron chi connectivity index (χ3n) is 3.74. The van der Waals surface area contributed by atoms with E-state index in [1.807, 2.05) is 40.8 Å². The number of amides is 1. The fraction of sp³-hybridized carbons (Fsp3) is 0.471. The highest BCUT2D eigenvalue weighted by Crippen LogP contribution is 2.30. The van der Waals surface area contributed by atoms with E-state index in [-0.39, 0.29) is 17.1 Å². The number of rotatable bonds is 3. The molecule has 4 heteroatoms. The Bertz CT molecular complexity index is 665. The monoisotopic (exact) mass is 290 g/mol. The minimum Gasteiger partial charge on any atom is -0.361 e. The number of H-pyrrole nitrogens is 1. The number of carbonyl (C=O) groups excluding carboxylic acids is 1. The lowest BCUT2D eigenvalue weighted by atomic mass is 9.84. The van der Waals surface area contributed by atoms with E-state index in [4.69, 9.17) is 0 Å². The summed E-state index contributed by atoms with van der Waals surface area (Å²) < 4.78 is 13.5. The van der Waals surface area contributed by atoms with Crippen molar-refractivity contribution in [3.05, 3.63) is 35.8 Å². The molecule has 0 aliphatic heterocycles. The summed E-state index contributed by atoms with van der Waals surface area (Å²) in [5, 5.41) is 3.85. The van der Waals surface area contributed by atoms with Crippen LogP contribution in [0.15, 0.2) is 24.4 Å². The molecule has 1 aromatic heterocycles. The van der Waals surface area contributed by atoms with Gasteiger partial charge in [0.05, 0.1) is 0 Å². The van der Waals surface area contributed by atoms with Gasteiger partial charge in [-0.1, -0.05) is 34.6 Å². The summed E-state index contributed by atoms with van der Waals surface area (Å²) in [7, 11) is 0. The van der Waals surface area contributed by atoms with Crippen molar-refractivity contribution in [2.24, 2.45) is 5.41 Å². The Morgan fingerprint density at radius 1 is 1.24 bits per heavy atom. The van der Waals surface area contributed by atoms with Crippen molar-refractivity contribution < 1.29 is 9.18 Å². The number of benzene rings is 1. The number of nitrogens with one attached hydrogen (secondary N) is 2. The second kappa shape index (κ2) is 5.17. The van der Waals surface area contributed by atoms with E-state index in [0.29, 0.717) is 6.54 Å². The first-order valence-corrected chi connectivity index (χ1v) is 7.17. The zero-order valence-electron chi connectivity index (χ0n) is 13.3. The molecule has 0 radical (unpaired) electrons. The molecule has 0 fully saturated rings. The summed E-state index contributed by atoms with van der Waals surface area (Å²) in [5.74, 6) is -0.237. The largest absolute Gasteiger partial charge is 0.361 e. The summed E-state index contributed by atoms with van der Waals surface area (Å²) in [6, 6.07) is 4.71. The minimum absolute atomic E-state index is 0.0154. The minimum atomic E-state index is -0.414. The summed E-state index contributed by atoms with van der Waals surface area (Å²) in [6.45, 7) is 10.3. The molecular formula is C17H23FN2O. The first kappa shape index (κ1) is 15.5. The molecule has 0 unspecified atom stereocenters. The summed E-state index contributed by atoms with van der Waals surface area (Å²) in [4.78, 5) is 15.2. The molecule has 114 valence electrons. The maximum atomic E-state index is 13.5. The number of aromatic amines is 1. The van der Waals surface area contributed by atoms with Crippen molar-refractivity contribution in [3.63, 3.8) is 0 Å². The molecule has 3 nitrogen and oxygen atoms in total. The zero-order valence-corrected chi connectivity index (χ0v) is 13.3. The van der Waals surface area contributed by atoms with Crippen LogP contribution < -0.4 is 5.32 Å². The van der Waals surface area contributed by atoms with Crippen LogP contribution in [-0.2, 0) is 10.2 Å². The highest BCUT2D eigenvalue weighted by Gasteiger charge is 2.27. The smallest absolute Gasteiger partial charge is 0.225 e. The van der Waals surface area contributed by atoms with Crippen LogP contribution in [0.1, 0.15) is 40.2 Å². The van der Waals surface area contributed by atoms with Crippen molar-refractivity contribution in [2.45, 2.75) is 40.0 Å². The summed E-state index contributed by atoms with van der Waals surface area (Å²) in [6.07, 6.45) is 1.90. The highest BCUT2D eigenvalue weighted by atomic mass is 19.1. The Balaban J connectivity index is 2.25. The van der Waals surface area contributed by atoms with Crippen LogP contribution in [0.25, 0.3) is 10.9 Å². The van der Waals surface area contributed by atoms with Gasteiger partial charge in [0.25, 0.3) is 0 Å². The van der Waals surface area contributed by atoms with Crippen LogP contribution in [0.4, 0.5) is 4.39 Å². The van der Waals surface area contributed by atoms with Gasteiger partial charge in [0.15, 0.2) is 0 Å². The second-order valence-electron chi connectivity index (χ2n) is 7.21. The Morgan fingerprint density at radius 3 is 2.52 bits per heavy atom. The van der Waals surface area contributed by atoms with Crippen LogP contribution in [0.2, 0.25) is 0 Å². The van der Waals surface area contributed by atoms with Crippen molar-refractivity contribution in [1.29, 1.82) is 0 Å². The lowest BCUT2D eigenvalue weighted by molar-refractivity contribution is -0.128.